The highest BCUT2D eigenvalue weighted by atomic mass is 16.2. The summed E-state index contributed by atoms with van der Waals surface area (Å²) in [6.45, 7) is 0.714. The van der Waals surface area contributed by atoms with E-state index in [9.17, 15) is 9.59 Å². The van der Waals surface area contributed by atoms with E-state index in [1.54, 1.807) is 0 Å². The minimum atomic E-state index is -0.115. The Bertz CT molecular complexity index is 1170. The number of anilines is 2. The van der Waals surface area contributed by atoms with E-state index in [1.165, 1.54) is 16.7 Å². The second-order valence-corrected chi connectivity index (χ2v) is 9.25. The summed E-state index contributed by atoms with van der Waals surface area (Å²) in [6, 6.07) is 24.1. The summed E-state index contributed by atoms with van der Waals surface area (Å²) in [4.78, 5) is 27.6. The third kappa shape index (κ3) is 4.98. The largest absolute Gasteiger partial charge is 0.349 e. The highest BCUT2D eigenvalue weighted by molar-refractivity contribution is 6.02. The average molecular weight is 454 g/mol. The van der Waals surface area contributed by atoms with Crippen molar-refractivity contribution in [2.75, 3.05) is 16.8 Å². The van der Waals surface area contributed by atoms with E-state index in [1.807, 2.05) is 53.4 Å². The van der Waals surface area contributed by atoms with Gasteiger partial charge in [-0.05, 0) is 79.0 Å². The fourth-order valence-corrected chi connectivity index (χ4v) is 5.13. The highest BCUT2D eigenvalue weighted by Gasteiger charge is 2.22. The number of nitrogens with zero attached hydrogens (tertiary/aromatic N) is 1. The van der Waals surface area contributed by atoms with Crippen molar-refractivity contribution in [3.05, 3.63) is 95.1 Å². The monoisotopic (exact) mass is 453 g/mol. The van der Waals surface area contributed by atoms with Crippen LogP contribution in [0.5, 0.6) is 0 Å². The third-order valence-electron chi connectivity index (χ3n) is 6.88. The molecular formula is C29H31N3O2. The predicted molar refractivity (Wildman–Crippen MR) is 136 cm³/mol. The maximum atomic E-state index is 13.0. The van der Waals surface area contributed by atoms with Crippen LogP contribution in [0.15, 0.2) is 72.8 Å². The molecule has 1 aliphatic heterocycles. The first-order valence-electron chi connectivity index (χ1n) is 12.3. The van der Waals surface area contributed by atoms with Crippen LogP contribution in [-0.2, 0) is 24.1 Å². The number of nitrogens with one attached hydrogen (secondary N) is 2. The Morgan fingerprint density at radius 3 is 2.41 bits per heavy atom. The van der Waals surface area contributed by atoms with Crippen molar-refractivity contribution in [3.63, 3.8) is 0 Å². The van der Waals surface area contributed by atoms with Gasteiger partial charge >= 0.3 is 6.03 Å². The molecule has 34 heavy (non-hydrogen) atoms. The minimum absolute atomic E-state index is 0.0275. The van der Waals surface area contributed by atoms with Gasteiger partial charge in [0, 0.05) is 17.9 Å². The third-order valence-corrected chi connectivity index (χ3v) is 6.88. The fraction of sp³-hybridized carbons (Fsp3) is 0.310. The topological polar surface area (TPSA) is 61.4 Å². The number of benzene rings is 3. The first kappa shape index (κ1) is 22.2. The summed E-state index contributed by atoms with van der Waals surface area (Å²) in [5.74, 6) is 0.0275. The van der Waals surface area contributed by atoms with Crippen molar-refractivity contribution in [1.29, 1.82) is 0 Å². The van der Waals surface area contributed by atoms with Crippen LogP contribution < -0.4 is 15.5 Å². The number of hydrogen-bond acceptors (Lipinski definition) is 2. The molecule has 1 aliphatic carbocycles. The van der Waals surface area contributed by atoms with Crippen molar-refractivity contribution in [1.82, 2.24) is 5.32 Å². The Hall–Kier alpha value is -3.60. The molecular weight excluding hydrogens is 422 g/mol. The van der Waals surface area contributed by atoms with Crippen LogP contribution >= 0.6 is 0 Å². The van der Waals surface area contributed by atoms with Crippen molar-refractivity contribution in [2.24, 2.45) is 0 Å². The molecule has 1 unspecified atom stereocenters. The van der Waals surface area contributed by atoms with E-state index in [4.69, 9.17) is 0 Å². The van der Waals surface area contributed by atoms with Crippen LogP contribution in [0.1, 0.15) is 54.0 Å². The SMILES string of the molecule is O=C(Cc1ccc(NC(=O)N2CCCCc3ccccc32)cc1)NC1CCCc2ccccc21. The normalized spacial score (nSPS) is 17.2. The predicted octanol–water partition coefficient (Wildman–Crippen LogP) is 5.80. The summed E-state index contributed by atoms with van der Waals surface area (Å²) in [5.41, 5.74) is 6.46. The summed E-state index contributed by atoms with van der Waals surface area (Å²) < 4.78 is 0. The van der Waals surface area contributed by atoms with E-state index in [0.29, 0.717) is 13.0 Å². The Morgan fingerprint density at radius 1 is 0.824 bits per heavy atom. The lowest BCUT2D eigenvalue weighted by Crippen LogP contribution is -2.35. The molecule has 3 aromatic carbocycles. The van der Waals surface area contributed by atoms with E-state index in [2.05, 4.69) is 34.9 Å². The molecule has 0 aromatic heterocycles. The summed E-state index contributed by atoms with van der Waals surface area (Å²) >= 11 is 0. The number of amides is 3. The minimum Gasteiger partial charge on any atom is -0.349 e. The van der Waals surface area contributed by atoms with Gasteiger partial charge in [-0.2, -0.15) is 0 Å². The van der Waals surface area contributed by atoms with Crippen molar-refractivity contribution >= 4 is 23.3 Å². The van der Waals surface area contributed by atoms with Crippen LogP contribution in [-0.4, -0.2) is 18.5 Å². The van der Waals surface area contributed by atoms with Gasteiger partial charge in [0.2, 0.25) is 5.91 Å². The second-order valence-electron chi connectivity index (χ2n) is 9.25. The van der Waals surface area contributed by atoms with Crippen LogP contribution in [0.2, 0.25) is 0 Å². The smallest absolute Gasteiger partial charge is 0.326 e. The van der Waals surface area contributed by atoms with Crippen LogP contribution in [0.25, 0.3) is 0 Å². The summed E-state index contributed by atoms with van der Waals surface area (Å²) in [7, 11) is 0. The molecule has 5 rings (SSSR count). The Morgan fingerprint density at radius 2 is 1.56 bits per heavy atom. The molecule has 0 saturated heterocycles. The quantitative estimate of drug-likeness (QED) is 0.525. The zero-order chi connectivity index (χ0) is 23.3. The molecule has 174 valence electrons. The molecule has 5 nitrogen and oxygen atoms in total. The average Bonchev–Trinajstić information content (AvgIpc) is 3.08. The number of rotatable bonds is 4. The molecule has 1 heterocycles. The number of carbonyl (C=O) groups excluding carboxylic acids is 2. The molecule has 0 radical (unpaired) electrons. The first-order chi connectivity index (χ1) is 16.7. The fourth-order valence-electron chi connectivity index (χ4n) is 5.13. The van der Waals surface area contributed by atoms with E-state index in [-0.39, 0.29) is 18.0 Å². The Balaban J connectivity index is 1.19. The van der Waals surface area contributed by atoms with Crippen molar-refractivity contribution < 1.29 is 9.59 Å². The molecule has 3 amide bonds. The summed E-state index contributed by atoms with van der Waals surface area (Å²) in [5, 5.41) is 6.24. The number of urea groups is 1. The van der Waals surface area contributed by atoms with Gasteiger partial charge in [0.05, 0.1) is 12.5 Å². The Labute approximate surface area is 201 Å². The molecule has 2 aliphatic rings. The van der Waals surface area contributed by atoms with Crippen molar-refractivity contribution in [3.8, 4) is 0 Å². The van der Waals surface area contributed by atoms with Crippen molar-refractivity contribution in [2.45, 2.75) is 51.0 Å². The van der Waals surface area contributed by atoms with Gasteiger partial charge < -0.3 is 10.6 Å². The molecule has 5 heteroatoms. The van der Waals surface area contributed by atoms with Gasteiger partial charge in [-0.3, -0.25) is 9.69 Å². The summed E-state index contributed by atoms with van der Waals surface area (Å²) in [6.07, 6.45) is 6.56. The van der Waals surface area contributed by atoms with Gasteiger partial charge in [-0.15, -0.1) is 0 Å². The lowest BCUT2D eigenvalue weighted by molar-refractivity contribution is -0.121. The molecule has 0 saturated carbocycles. The zero-order valence-electron chi connectivity index (χ0n) is 19.4. The zero-order valence-corrected chi connectivity index (χ0v) is 19.4. The lowest BCUT2D eigenvalue weighted by Gasteiger charge is -2.26. The van der Waals surface area contributed by atoms with E-state index in [0.717, 1.165) is 55.5 Å². The van der Waals surface area contributed by atoms with Gasteiger partial charge in [0.15, 0.2) is 0 Å². The maximum Gasteiger partial charge on any atom is 0.326 e. The molecule has 1 atom stereocenters. The number of hydrogen-bond donors (Lipinski definition) is 2. The standard InChI is InChI=1S/C29H31N3O2/c33-28(31-26-13-7-11-22-8-1-3-12-25(22)26)20-21-15-17-24(18-16-21)30-29(34)32-19-6-5-10-23-9-2-4-14-27(23)32/h1-4,8-9,12,14-18,26H,5-7,10-11,13,19-20H2,(H,30,34)(H,31,33). The molecule has 0 spiro atoms. The number of fused-ring (bicyclic) bond motifs is 2. The number of para-hydroxylation sites is 1. The van der Waals surface area contributed by atoms with Crippen LogP contribution in [0.3, 0.4) is 0 Å². The highest BCUT2D eigenvalue weighted by Crippen LogP contribution is 2.30. The molecule has 3 aromatic rings. The van der Waals surface area contributed by atoms with Gasteiger partial charge in [-0.25, -0.2) is 4.79 Å². The van der Waals surface area contributed by atoms with Crippen LogP contribution in [0, 0.1) is 0 Å². The van der Waals surface area contributed by atoms with E-state index >= 15 is 0 Å². The molecule has 0 fully saturated rings. The number of carbonyl (C=O) groups is 2. The van der Waals surface area contributed by atoms with E-state index < -0.39 is 0 Å². The van der Waals surface area contributed by atoms with Gasteiger partial charge in [-0.1, -0.05) is 54.6 Å². The Kier molecular flexibility index (Phi) is 6.61. The van der Waals surface area contributed by atoms with Crippen LogP contribution in [0.4, 0.5) is 16.2 Å². The molecule has 0 bridgehead atoms. The first-order valence-corrected chi connectivity index (χ1v) is 12.3. The molecule has 2 N–H and O–H groups in total. The second kappa shape index (κ2) is 10.1. The van der Waals surface area contributed by atoms with Gasteiger partial charge in [0.1, 0.15) is 0 Å². The number of aryl methyl sites for hydroxylation is 2. The van der Waals surface area contributed by atoms with Gasteiger partial charge in [0.25, 0.3) is 0 Å². The maximum absolute atomic E-state index is 13.0. The lowest BCUT2D eigenvalue weighted by atomic mass is 9.87.